The maximum absolute atomic E-state index is 2.45. The third-order valence-electron chi connectivity index (χ3n) is 6.96. The second kappa shape index (κ2) is 9.93. The van der Waals surface area contributed by atoms with E-state index in [1.807, 2.05) is 22.7 Å². The average molecular weight is 459 g/mol. The standard InChI is InChI=1S/C30H34S2/c1-3-5-6-7-8-9-10-11-12-25-16-24-15-22-13-14-23-17-28-21(4-2)20-31-30(28)19-27(23)26(22)18-29(24)32-25/h13-20H,3-12H2,1-2H3. The van der Waals surface area contributed by atoms with E-state index in [0.717, 1.165) is 6.42 Å². The van der Waals surface area contributed by atoms with Crippen LogP contribution in [-0.2, 0) is 12.8 Å². The zero-order chi connectivity index (χ0) is 21.9. The quantitative estimate of drug-likeness (QED) is 0.144. The van der Waals surface area contributed by atoms with Gasteiger partial charge < -0.3 is 0 Å². The average Bonchev–Trinajstić information content (AvgIpc) is 3.40. The summed E-state index contributed by atoms with van der Waals surface area (Å²) in [4.78, 5) is 1.55. The van der Waals surface area contributed by atoms with Crippen LogP contribution in [0.5, 0.6) is 0 Å². The Morgan fingerprint density at radius 1 is 0.625 bits per heavy atom. The number of benzene rings is 3. The van der Waals surface area contributed by atoms with E-state index < -0.39 is 0 Å². The van der Waals surface area contributed by atoms with Crippen LogP contribution in [0.4, 0.5) is 0 Å². The van der Waals surface area contributed by atoms with Crippen LogP contribution in [-0.4, -0.2) is 0 Å². The molecular formula is C30H34S2. The van der Waals surface area contributed by atoms with Crippen LogP contribution >= 0.6 is 22.7 Å². The SMILES string of the molecule is CCCCCCCCCCc1cc2cc3ccc4cc5c(CC)csc5cc4c3cc2s1. The Labute approximate surface area is 200 Å². The summed E-state index contributed by atoms with van der Waals surface area (Å²) in [6.45, 7) is 4.55. The largest absolute Gasteiger partial charge is 0.143 e. The Morgan fingerprint density at radius 3 is 2.06 bits per heavy atom. The smallest absolute Gasteiger partial charge is 0.0352 e. The first-order chi connectivity index (χ1) is 15.8. The predicted molar refractivity (Wildman–Crippen MR) is 148 cm³/mol. The molecule has 0 bridgehead atoms. The maximum Gasteiger partial charge on any atom is 0.0352 e. The molecule has 0 aliphatic carbocycles. The zero-order valence-corrected chi connectivity index (χ0v) is 21.1. The molecular weight excluding hydrogens is 424 g/mol. The Morgan fingerprint density at radius 2 is 1.31 bits per heavy atom. The van der Waals surface area contributed by atoms with Gasteiger partial charge in [-0.25, -0.2) is 0 Å². The first-order valence-corrected chi connectivity index (χ1v) is 14.3. The van der Waals surface area contributed by atoms with Crippen molar-refractivity contribution in [2.75, 3.05) is 0 Å². The third-order valence-corrected chi connectivity index (χ3v) is 9.11. The molecule has 0 spiro atoms. The van der Waals surface area contributed by atoms with Crippen LogP contribution in [0.25, 0.3) is 41.7 Å². The Balaban J connectivity index is 1.36. The molecule has 2 aromatic heterocycles. The molecule has 0 N–H and O–H groups in total. The zero-order valence-electron chi connectivity index (χ0n) is 19.5. The van der Waals surface area contributed by atoms with Crippen molar-refractivity contribution in [3.8, 4) is 0 Å². The summed E-state index contributed by atoms with van der Waals surface area (Å²) in [7, 11) is 0. The highest BCUT2D eigenvalue weighted by atomic mass is 32.1. The number of thiophene rings is 2. The number of aryl methyl sites for hydroxylation is 2. The van der Waals surface area contributed by atoms with Crippen LogP contribution in [0.2, 0.25) is 0 Å². The van der Waals surface area contributed by atoms with Crippen molar-refractivity contribution in [2.24, 2.45) is 0 Å². The number of hydrogen-bond donors (Lipinski definition) is 0. The predicted octanol–water partition coefficient (Wildman–Crippen LogP) is 10.7. The van der Waals surface area contributed by atoms with Gasteiger partial charge in [-0.2, -0.15) is 0 Å². The summed E-state index contributed by atoms with van der Waals surface area (Å²) in [6, 6.07) is 16.8. The topological polar surface area (TPSA) is 0 Å². The summed E-state index contributed by atoms with van der Waals surface area (Å²) in [5, 5.41) is 10.7. The number of rotatable bonds is 10. The van der Waals surface area contributed by atoms with Gasteiger partial charge >= 0.3 is 0 Å². The van der Waals surface area contributed by atoms with E-state index in [4.69, 9.17) is 0 Å². The number of unbranched alkanes of at least 4 members (excludes halogenated alkanes) is 7. The molecule has 0 aliphatic rings. The minimum atomic E-state index is 1.11. The van der Waals surface area contributed by atoms with E-state index in [1.54, 1.807) is 4.88 Å². The van der Waals surface area contributed by atoms with Crippen LogP contribution in [0.15, 0.2) is 47.8 Å². The van der Waals surface area contributed by atoms with E-state index in [-0.39, 0.29) is 0 Å². The molecule has 32 heavy (non-hydrogen) atoms. The summed E-state index contributed by atoms with van der Waals surface area (Å²) in [5.74, 6) is 0. The van der Waals surface area contributed by atoms with Gasteiger partial charge in [0.15, 0.2) is 0 Å². The molecule has 0 radical (unpaired) electrons. The van der Waals surface area contributed by atoms with E-state index in [9.17, 15) is 0 Å². The highest BCUT2D eigenvalue weighted by molar-refractivity contribution is 7.19. The van der Waals surface area contributed by atoms with Crippen LogP contribution in [0.1, 0.15) is 75.7 Å². The van der Waals surface area contributed by atoms with Gasteiger partial charge in [0.05, 0.1) is 0 Å². The van der Waals surface area contributed by atoms with Gasteiger partial charge in [0.1, 0.15) is 0 Å². The summed E-state index contributed by atoms with van der Waals surface area (Å²) >= 11 is 3.90. The molecule has 2 heteroatoms. The van der Waals surface area contributed by atoms with E-state index >= 15 is 0 Å². The van der Waals surface area contributed by atoms with E-state index in [1.165, 1.54) is 105 Å². The highest BCUT2D eigenvalue weighted by Gasteiger charge is 2.10. The minimum Gasteiger partial charge on any atom is -0.143 e. The van der Waals surface area contributed by atoms with E-state index in [0.29, 0.717) is 0 Å². The van der Waals surface area contributed by atoms with Gasteiger partial charge in [-0.3, -0.25) is 0 Å². The van der Waals surface area contributed by atoms with Crippen molar-refractivity contribution in [3.05, 3.63) is 58.3 Å². The molecule has 0 saturated carbocycles. The van der Waals surface area contributed by atoms with Crippen molar-refractivity contribution in [3.63, 3.8) is 0 Å². The summed E-state index contributed by atoms with van der Waals surface area (Å²) in [6.07, 6.45) is 13.5. The fourth-order valence-corrected chi connectivity index (χ4v) is 7.25. The molecule has 0 nitrogen and oxygen atoms in total. The van der Waals surface area contributed by atoms with Crippen molar-refractivity contribution < 1.29 is 0 Å². The minimum absolute atomic E-state index is 1.11. The normalized spacial score (nSPS) is 12.1. The molecule has 5 aromatic rings. The van der Waals surface area contributed by atoms with Gasteiger partial charge in [0.2, 0.25) is 0 Å². The fraction of sp³-hybridized carbons (Fsp3) is 0.400. The van der Waals surface area contributed by atoms with Crippen molar-refractivity contribution in [1.29, 1.82) is 0 Å². The molecule has 3 aromatic carbocycles. The van der Waals surface area contributed by atoms with Gasteiger partial charge in [-0.1, -0.05) is 70.9 Å². The third kappa shape index (κ3) is 4.45. The van der Waals surface area contributed by atoms with Crippen LogP contribution < -0.4 is 0 Å². The Hall–Kier alpha value is -1.90. The maximum atomic E-state index is 2.45. The Kier molecular flexibility index (Phi) is 6.80. The lowest BCUT2D eigenvalue weighted by Crippen LogP contribution is -1.83. The van der Waals surface area contributed by atoms with Crippen molar-refractivity contribution in [2.45, 2.75) is 78.1 Å². The highest BCUT2D eigenvalue weighted by Crippen LogP contribution is 2.37. The lowest BCUT2D eigenvalue weighted by atomic mass is 9.99. The fourth-order valence-electron chi connectivity index (χ4n) is 5.05. The van der Waals surface area contributed by atoms with Crippen molar-refractivity contribution >= 4 is 64.4 Å². The molecule has 0 fully saturated rings. The van der Waals surface area contributed by atoms with Gasteiger partial charge in [-0.05, 0) is 92.9 Å². The second-order valence-electron chi connectivity index (χ2n) is 9.30. The lowest BCUT2D eigenvalue weighted by molar-refractivity contribution is 0.576. The Bertz CT molecular complexity index is 1350. The van der Waals surface area contributed by atoms with Gasteiger partial charge in [-0.15, -0.1) is 22.7 Å². The van der Waals surface area contributed by atoms with Gasteiger partial charge in [0.25, 0.3) is 0 Å². The van der Waals surface area contributed by atoms with Crippen LogP contribution in [0, 0.1) is 0 Å². The molecule has 2 heterocycles. The molecule has 0 amide bonds. The number of hydrogen-bond acceptors (Lipinski definition) is 2. The van der Waals surface area contributed by atoms with Gasteiger partial charge in [0, 0.05) is 14.3 Å². The van der Waals surface area contributed by atoms with Crippen molar-refractivity contribution in [1.82, 2.24) is 0 Å². The lowest BCUT2D eigenvalue weighted by Gasteiger charge is -2.06. The molecule has 5 rings (SSSR count). The number of fused-ring (bicyclic) bond motifs is 5. The first kappa shape index (κ1) is 21.9. The molecule has 0 unspecified atom stereocenters. The monoisotopic (exact) mass is 458 g/mol. The summed E-state index contributed by atoms with van der Waals surface area (Å²) < 4.78 is 2.86. The van der Waals surface area contributed by atoms with E-state index in [2.05, 4.69) is 61.7 Å². The summed E-state index contributed by atoms with van der Waals surface area (Å²) in [5.41, 5.74) is 1.48. The molecule has 0 saturated heterocycles. The molecule has 0 aliphatic heterocycles. The van der Waals surface area contributed by atoms with Crippen LogP contribution in [0.3, 0.4) is 0 Å². The first-order valence-electron chi connectivity index (χ1n) is 12.6. The second-order valence-corrected chi connectivity index (χ2v) is 11.4. The molecule has 0 atom stereocenters. The molecule has 166 valence electrons.